The highest BCUT2D eigenvalue weighted by molar-refractivity contribution is 6.34. The number of hydrogen-bond donors (Lipinski definition) is 2. The number of rotatable bonds is 12. The molecule has 2 amide bonds. The molecule has 4 aromatic rings. The van der Waals surface area contributed by atoms with Gasteiger partial charge in [-0.1, -0.05) is 11.6 Å². The predicted octanol–water partition coefficient (Wildman–Crippen LogP) is 5.08. The van der Waals surface area contributed by atoms with Gasteiger partial charge in [0.2, 0.25) is 17.7 Å². The molecule has 240 valence electrons. The van der Waals surface area contributed by atoms with Gasteiger partial charge in [0.1, 0.15) is 28.8 Å². The number of carbonyl (C=O) groups is 2. The van der Waals surface area contributed by atoms with Crippen molar-refractivity contribution in [2.45, 2.75) is 19.3 Å². The van der Waals surface area contributed by atoms with Crippen molar-refractivity contribution in [3.05, 3.63) is 65.7 Å². The summed E-state index contributed by atoms with van der Waals surface area (Å²) >= 11 is 6.51. The normalized spacial score (nSPS) is 15.6. The van der Waals surface area contributed by atoms with Crippen LogP contribution in [-0.4, -0.2) is 78.2 Å². The molecule has 2 aromatic heterocycles. The third-order valence-electron chi connectivity index (χ3n) is 7.81. The maximum absolute atomic E-state index is 13.2. The number of hydrogen-bond acceptors (Lipinski definition) is 10. The summed E-state index contributed by atoms with van der Waals surface area (Å²) in [7, 11) is 1.50. The van der Waals surface area contributed by atoms with Crippen molar-refractivity contribution in [2.24, 2.45) is 5.41 Å². The fraction of sp³-hybridized carbons (Fsp3) is 0.344. The predicted molar refractivity (Wildman–Crippen MR) is 168 cm³/mol. The van der Waals surface area contributed by atoms with Gasteiger partial charge in [-0.25, -0.2) is 14.4 Å². The van der Waals surface area contributed by atoms with E-state index in [1.807, 2.05) is 0 Å². The molecule has 0 bridgehead atoms. The van der Waals surface area contributed by atoms with Gasteiger partial charge in [-0.15, -0.1) is 0 Å². The zero-order valence-corrected chi connectivity index (χ0v) is 25.8. The van der Waals surface area contributed by atoms with Crippen LogP contribution in [0, 0.1) is 11.2 Å². The summed E-state index contributed by atoms with van der Waals surface area (Å²) in [5.41, 5.74) is 0.331. The van der Waals surface area contributed by atoms with E-state index < -0.39 is 23.0 Å². The van der Waals surface area contributed by atoms with E-state index in [0.29, 0.717) is 53.4 Å². The molecule has 0 unspecified atom stereocenters. The highest BCUT2D eigenvalue weighted by atomic mass is 35.5. The standard InChI is InChI=1S/C32H32ClFN6O6/c1-43-28-26(45-14-2-11-40-12-15-44-16-13-40)18-25-27(39-28)29(36-19-35-25)46-22-7-8-24(23(33)17-22)38-31(42)32(9-10-32)30(41)37-21-5-3-20(34)4-6-21/h3-8,17-19H,2,9-16H2,1H3,(H,37,41)(H,38,42). The van der Waals surface area contributed by atoms with E-state index in [4.69, 9.17) is 30.5 Å². The Morgan fingerprint density at radius 1 is 1.02 bits per heavy atom. The Hall–Kier alpha value is -4.59. The molecule has 2 aromatic carbocycles. The molecule has 0 radical (unpaired) electrons. The molecule has 1 saturated heterocycles. The number of ether oxygens (including phenoxy) is 4. The molecule has 2 N–H and O–H groups in total. The van der Waals surface area contributed by atoms with Crippen molar-refractivity contribution in [2.75, 3.05) is 57.2 Å². The van der Waals surface area contributed by atoms with Gasteiger partial charge in [-0.05, 0) is 55.7 Å². The van der Waals surface area contributed by atoms with Gasteiger partial charge in [0.05, 0.1) is 37.6 Å². The van der Waals surface area contributed by atoms with Crippen molar-refractivity contribution in [1.82, 2.24) is 19.9 Å². The van der Waals surface area contributed by atoms with Crippen LogP contribution in [0.2, 0.25) is 5.02 Å². The number of carbonyl (C=O) groups excluding carboxylic acids is 2. The topological polar surface area (TPSA) is 137 Å². The smallest absolute Gasteiger partial charge is 0.257 e. The largest absolute Gasteiger partial charge is 0.488 e. The second kappa shape index (κ2) is 13.8. The molecule has 2 fully saturated rings. The second-order valence-corrected chi connectivity index (χ2v) is 11.3. The van der Waals surface area contributed by atoms with E-state index in [1.54, 1.807) is 18.2 Å². The number of amides is 2. The fourth-order valence-corrected chi connectivity index (χ4v) is 5.25. The lowest BCUT2D eigenvalue weighted by Gasteiger charge is -2.26. The summed E-state index contributed by atoms with van der Waals surface area (Å²) in [6.07, 6.45) is 2.95. The van der Waals surface area contributed by atoms with Gasteiger partial charge in [-0.2, -0.15) is 4.98 Å². The van der Waals surface area contributed by atoms with Gasteiger partial charge < -0.3 is 29.6 Å². The minimum Gasteiger partial charge on any atom is -0.488 e. The first-order valence-electron chi connectivity index (χ1n) is 14.8. The van der Waals surface area contributed by atoms with Crippen molar-refractivity contribution in [1.29, 1.82) is 0 Å². The number of halogens is 2. The molecule has 3 heterocycles. The van der Waals surface area contributed by atoms with E-state index in [2.05, 4.69) is 30.5 Å². The summed E-state index contributed by atoms with van der Waals surface area (Å²) in [6.45, 7) is 4.73. The first kappa shape index (κ1) is 31.4. The third kappa shape index (κ3) is 7.11. The minimum absolute atomic E-state index is 0.171. The van der Waals surface area contributed by atoms with Crippen molar-refractivity contribution in [3.63, 3.8) is 0 Å². The molecule has 2 aliphatic rings. The number of morpholine rings is 1. The molecule has 46 heavy (non-hydrogen) atoms. The van der Waals surface area contributed by atoms with Crippen LogP contribution in [0.1, 0.15) is 19.3 Å². The molecule has 1 saturated carbocycles. The molecule has 6 rings (SSSR count). The lowest BCUT2D eigenvalue weighted by atomic mass is 10.0. The van der Waals surface area contributed by atoms with Gasteiger partial charge in [0.25, 0.3) is 5.88 Å². The number of nitrogens with zero attached hydrogens (tertiary/aromatic N) is 4. The molecule has 1 aliphatic heterocycles. The lowest BCUT2D eigenvalue weighted by Crippen LogP contribution is -2.37. The minimum atomic E-state index is -1.23. The first-order chi connectivity index (χ1) is 22.3. The van der Waals surface area contributed by atoms with Crippen LogP contribution in [0.5, 0.6) is 23.3 Å². The monoisotopic (exact) mass is 650 g/mol. The van der Waals surface area contributed by atoms with E-state index in [1.165, 1.54) is 43.8 Å². The zero-order valence-electron chi connectivity index (χ0n) is 25.1. The first-order valence-corrected chi connectivity index (χ1v) is 15.2. The Bertz CT molecular complexity index is 1730. The average molecular weight is 651 g/mol. The lowest BCUT2D eigenvalue weighted by molar-refractivity contribution is -0.131. The van der Waals surface area contributed by atoms with Crippen LogP contribution in [-0.2, 0) is 14.3 Å². The van der Waals surface area contributed by atoms with E-state index in [9.17, 15) is 14.0 Å². The Kier molecular flexibility index (Phi) is 9.43. The number of fused-ring (bicyclic) bond motifs is 1. The van der Waals surface area contributed by atoms with E-state index >= 15 is 0 Å². The highest BCUT2D eigenvalue weighted by Gasteiger charge is 2.56. The van der Waals surface area contributed by atoms with Crippen molar-refractivity contribution < 1.29 is 32.9 Å². The molecule has 0 atom stereocenters. The Morgan fingerprint density at radius 2 is 1.78 bits per heavy atom. The molecule has 12 nitrogen and oxygen atoms in total. The van der Waals surface area contributed by atoms with Crippen LogP contribution >= 0.6 is 11.6 Å². The molecule has 14 heteroatoms. The number of aromatic nitrogens is 3. The Morgan fingerprint density at radius 3 is 2.50 bits per heavy atom. The van der Waals surface area contributed by atoms with E-state index in [0.717, 1.165) is 39.3 Å². The number of benzene rings is 2. The van der Waals surface area contributed by atoms with Crippen molar-refractivity contribution in [3.8, 4) is 23.3 Å². The van der Waals surface area contributed by atoms with Gasteiger partial charge in [-0.3, -0.25) is 14.5 Å². The van der Waals surface area contributed by atoms with Gasteiger partial charge in [0.15, 0.2) is 11.3 Å². The van der Waals surface area contributed by atoms with E-state index in [-0.39, 0.29) is 16.8 Å². The summed E-state index contributed by atoms with van der Waals surface area (Å²) in [5, 5.41) is 5.62. The summed E-state index contributed by atoms with van der Waals surface area (Å²) in [4.78, 5) is 41.5. The van der Waals surface area contributed by atoms with Crippen LogP contribution in [0.4, 0.5) is 15.8 Å². The third-order valence-corrected chi connectivity index (χ3v) is 8.12. The van der Waals surface area contributed by atoms with Crippen molar-refractivity contribution >= 4 is 45.8 Å². The van der Waals surface area contributed by atoms with Crippen LogP contribution < -0.4 is 24.8 Å². The SMILES string of the molecule is COc1nc2c(Oc3ccc(NC(=O)C4(C(=O)Nc5ccc(F)cc5)CC4)c(Cl)c3)ncnc2cc1OCCCN1CCOCC1. The summed E-state index contributed by atoms with van der Waals surface area (Å²) in [6, 6.07) is 11.8. The maximum Gasteiger partial charge on any atom is 0.257 e. The average Bonchev–Trinajstić information content (AvgIpc) is 3.88. The highest BCUT2D eigenvalue weighted by Crippen LogP contribution is 2.48. The van der Waals surface area contributed by atoms with Gasteiger partial charge >= 0.3 is 0 Å². The van der Waals surface area contributed by atoms with Gasteiger partial charge in [0, 0.05) is 37.5 Å². The maximum atomic E-state index is 13.2. The Labute approximate surface area is 269 Å². The molecule has 0 spiro atoms. The summed E-state index contributed by atoms with van der Waals surface area (Å²) in [5.74, 6) is -0.135. The van der Waals surface area contributed by atoms with Crippen LogP contribution in [0.3, 0.4) is 0 Å². The van der Waals surface area contributed by atoms with Crippen LogP contribution in [0.25, 0.3) is 11.0 Å². The quantitative estimate of drug-likeness (QED) is 0.158. The molecular weight excluding hydrogens is 619 g/mol. The number of nitrogens with one attached hydrogen (secondary N) is 2. The number of anilines is 2. The molecule has 1 aliphatic carbocycles. The fourth-order valence-electron chi connectivity index (χ4n) is 5.03. The second-order valence-electron chi connectivity index (χ2n) is 10.9. The zero-order chi connectivity index (χ0) is 32.1. The summed E-state index contributed by atoms with van der Waals surface area (Å²) < 4.78 is 36.1. The molecular formula is C32H32ClFN6O6. The van der Waals surface area contributed by atoms with Crippen LogP contribution in [0.15, 0.2) is 54.9 Å². The number of methoxy groups -OCH3 is 1. The number of pyridine rings is 1. The Balaban J connectivity index is 1.10.